The van der Waals surface area contributed by atoms with Crippen molar-refractivity contribution in [3.8, 4) is 11.3 Å². The molecule has 0 radical (unpaired) electrons. The molecule has 0 aliphatic rings. The molecule has 5 heteroatoms. The maximum absolute atomic E-state index is 12.9. The van der Waals surface area contributed by atoms with E-state index in [1.807, 2.05) is 0 Å². The number of fused-ring (bicyclic) bond motifs is 1. The Bertz CT molecular complexity index is 717. The van der Waals surface area contributed by atoms with Gasteiger partial charge in [0.15, 0.2) is 0 Å². The van der Waals surface area contributed by atoms with Crippen molar-refractivity contribution >= 4 is 10.9 Å². The van der Waals surface area contributed by atoms with Gasteiger partial charge < -0.3 is 4.42 Å². The minimum atomic E-state index is -4.42. The highest BCUT2D eigenvalue weighted by Gasteiger charge is 2.33. The summed E-state index contributed by atoms with van der Waals surface area (Å²) in [5, 5.41) is 0.423. The van der Waals surface area contributed by atoms with Gasteiger partial charge in [-0.25, -0.2) is 0 Å². The van der Waals surface area contributed by atoms with Crippen LogP contribution in [0.1, 0.15) is 5.56 Å². The Morgan fingerprint density at radius 3 is 2.53 bits per heavy atom. The van der Waals surface area contributed by atoms with Crippen LogP contribution in [0.25, 0.3) is 22.2 Å². The first-order valence-electron chi connectivity index (χ1n) is 5.56. The molecule has 0 atom stereocenters. The van der Waals surface area contributed by atoms with Crippen LogP contribution in [0.2, 0.25) is 0 Å². The SMILES string of the molecule is FC(F)(F)c1cccc2c(-c3ccco3)ccnc12. The van der Waals surface area contributed by atoms with Gasteiger partial charge >= 0.3 is 6.18 Å². The molecule has 2 heterocycles. The number of hydrogen-bond donors (Lipinski definition) is 0. The molecule has 0 N–H and O–H groups in total. The molecule has 3 aromatic rings. The maximum atomic E-state index is 12.9. The van der Waals surface area contributed by atoms with Crippen molar-refractivity contribution in [3.63, 3.8) is 0 Å². The van der Waals surface area contributed by atoms with Crippen LogP contribution in [-0.2, 0) is 6.18 Å². The third-order valence-corrected chi connectivity index (χ3v) is 2.86. The highest BCUT2D eigenvalue weighted by Crippen LogP contribution is 2.36. The molecule has 0 spiro atoms. The van der Waals surface area contributed by atoms with Crippen molar-refractivity contribution in [2.45, 2.75) is 6.18 Å². The van der Waals surface area contributed by atoms with Gasteiger partial charge in [0.05, 0.1) is 17.3 Å². The van der Waals surface area contributed by atoms with Crippen molar-refractivity contribution in [3.05, 3.63) is 54.4 Å². The molecule has 0 saturated carbocycles. The summed E-state index contributed by atoms with van der Waals surface area (Å²) in [4.78, 5) is 3.86. The van der Waals surface area contributed by atoms with Gasteiger partial charge in [0.1, 0.15) is 5.76 Å². The number of para-hydroxylation sites is 1. The molecular formula is C14H8F3NO. The lowest BCUT2D eigenvalue weighted by Gasteiger charge is -2.10. The number of pyridine rings is 1. The fourth-order valence-electron chi connectivity index (χ4n) is 2.05. The molecule has 0 aliphatic carbocycles. The third kappa shape index (κ3) is 1.97. The Morgan fingerprint density at radius 1 is 1.00 bits per heavy atom. The summed E-state index contributed by atoms with van der Waals surface area (Å²) in [6.45, 7) is 0. The van der Waals surface area contributed by atoms with Crippen molar-refractivity contribution < 1.29 is 17.6 Å². The fourth-order valence-corrected chi connectivity index (χ4v) is 2.05. The number of aromatic nitrogens is 1. The number of rotatable bonds is 1. The molecule has 0 unspecified atom stereocenters. The molecule has 1 aromatic carbocycles. The molecule has 19 heavy (non-hydrogen) atoms. The summed E-state index contributed by atoms with van der Waals surface area (Å²) in [6, 6.07) is 9.04. The van der Waals surface area contributed by atoms with Crippen LogP contribution < -0.4 is 0 Å². The first kappa shape index (κ1) is 11.8. The van der Waals surface area contributed by atoms with Gasteiger partial charge in [-0.15, -0.1) is 0 Å². The van der Waals surface area contributed by atoms with Gasteiger partial charge in [-0.05, 0) is 24.3 Å². The second-order valence-corrected chi connectivity index (χ2v) is 4.04. The van der Waals surface area contributed by atoms with Crippen LogP contribution in [0.15, 0.2) is 53.3 Å². The van der Waals surface area contributed by atoms with Gasteiger partial charge in [0, 0.05) is 17.1 Å². The number of alkyl halides is 3. The van der Waals surface area contributed by atoms with Gasteiger partial charge in [-0.2, -0.15) is 13.2 Å². The van der Waals surface area contributed by atoms with Gasteiger partial charge in [0.25, 0.3) is 0 Å². The standard InChI is InChI=1S/C14H8F3NO/c15-14(16,17)11-4-1-3-10-9(6-7-18-13(10)11)12-5-2-8-19-12/h1-8H. The Kier molecular flexibility index (Phi) is 2.55. The highest BCUT2D eigenvalue weighted by molar-refractivity contribution is 5.94. The number of nitrogens with zero attached hydrogens (tertiary/aromatic N) is 1. The second kappa shape index (κ2) is 4.12. The van der Waals surface area contributed by atoms with Gasteiger partial charge in [0.2, 0.25) is 0 Å². The number of hydrogen-bond acceptors (Lipinski definition) is 2. The van der Waals surface area contributed by atoms with Crippen molar-refractivity contribution in [2.24, 2.45) is 0 Å². The van der Waals surface area contributed by atoms with E-state index in [0.29, 0.717) is 16.7 Å². The summed E-state index contributed by atoms with van der Waals surface area (Å²) in [7, 11) is 0. The number of furan rings is 1. The van der Waals surface area contributed by atoms with Crippen molar-refractivity contribution in [1.29, 1.82) is 0 Å². The lowest BCUT2D eigenvalue weighted by molar-refractivity contribution is -0.136. The predicted molar refractivity (Wildman–Crippen MR) is 64.4 cm³/mol. The zero-order valence-electron chi connectivity index (χ0n) is 9.61. The van der Waals surface area contributed by atoms with E-state index in [2.05, 4.69) is 4.98 Å². The number of halogens is 3. The molecule has 0 saturated heterocycles. The summed E-state index contributed by atoms with van der Waals surface area (Å²) in [5.41, 5.74) is -0.205. The van der Waals surface area contributed by atoms with E-state index in [-0.39, 0.29) is 5.52 Å². The second-order valence-electron chi connectivity index (χ2n) is 4.04. The van der Waals surface area contributed by atoms with E-state index in [0.717, 1.165) is 6.07 Å². The first-order chi connectivity index (χ1) is 9.07. The predicted octanol–water partition coefficient (Wildman–Crippen LogP) is 4.51. The fraction of sp³-hybridized carbons (Fsp3) is 0.0714. The first-order valence-corrected chi connectivity index (χ1v) is 5.56. The molecule has 0 fully saturated rings. The maximum Gasteiger partial charge on any atom is 0.418 e. The summed E-state index contributed by atoms with van der Waals surface area (Å²) in [6.07, 6.45) is -1.58. The van der Waals surface area contributed by atoms with E-state index in [1.54, 1.807) is 24.3 Å². The largest absolute Gasteiger partial charge is 0.464 e. The van der Waals surface area contributed by atoms with Crippen LogP contribution in [0.5, 0.6) is 0 Å². The van der Waals surface area contributed by atoms with Crippen LogP contribution in [-0.4, -0.2) is 4.98 Å². The lowest BCUT2D eigenvalue weighted by atomic mass is 10.0. The Morgan fingerprint density at radius 2 is 1.84 bits per heavy atom. The molecule has 0 aliphatic heterocycles. The van der Waals surface area contributed by atoms with Crippen LogP contribution in [0.4, 0.5) is 13.2 Å². The normalized spacial score (nSPS) is 11.9. The van der Waals surface area contributed by atoms with Crippen LogP contribution in [0, 0.1) is 0 Å². The van der Waals surface area contributed by atoms with E-state index in [1.165, 1.54) is 18.5 Å². The molecular weight excluding hydrogens is 255 g/mol. The Balaban J connectivity index is 2.34. The quantitative estimate of drug-likeness (QED) is 0.645. The minimum absolute atomic E-state index is 0.0658. The van der Waals surface area contributed by atoms with Gasteiger partial charge in [-0.3, -0.25) is 4.98 Å². The zero-order chi connectivity index (χ0) is 13.5. The van der Waals surface area contributed by atoms with E-state index in [9.17, 15) is 13.2 Å². The van der Waals surface area contributed by atoms with E-state index in [4.69, 9.17) is 4.42 Å². The number of benzene rings is 1. The van der Waals surface area contributed by atoms with Crippen molar-refractivity contribution in [1.82, 2.24) is 4.98 Å². The highest BCUT2D eigenvalue weighted by atomic mass is 19.4. The molecule has 0 amide bonds. The van der Waals surface area contributed by atoms with E-state index >= 15 is 0 Å². The summed E-state index contributed by atoms with van der Waals surface area (Å²) >= 11 is 0. The summed E-state index contributed by atoms with van der Waals surface area (Å²) in [5.74, 6) is 0.520. The average Bonchev–Trinajstić information content (AvgIpc) is 2.90. The molecule has 3 rings (SSSR count). The molecule has 0 bridgehead atoms. The molecule has 96 valence electrons. The van der Waals surface area contributed by atoms with Gasteiger partial charge in [-0.1, -0.05) is 12.1 Å². The van der Waals surface area contributed by atoms with E-state index < -0.39 is 11.7 Å². The lowest BCUT2D eigenvalue weighted by Crippen LogP contribution is -2.06. The smallest absolute Gasteiger partial charge is 0.418 e. The van der Waals surface area contributed by atoms with Crippen molar-refractivity contribution in [2.75, 3.05) is 0 Å². The zero-order valence-corrected chi connectivity index (χ0v) is 9.61. The Hall–Kier alpha value is -2.30. The average molecular weight is 263 g/mol. The molecule has 2 aromatic heterocycles. The Labute approximate surface area is 106 Å². The van der Waals surface area contributed by atoms with Crippen LogP contribution in [0.3, 0.4) is 0 Å². The minimum Gasteiger partial charge on any atom is -0.464 e. The topological polar surface area (TPSA) is 26.0 Å². The summed E-state index contributed by atoms with van der Waals surface area (Å²) < 4.78 is 44.0. The third-order valence-electron chi connectivity index (χ3n) is 2.86. The van der Waals surface area contributed by atoms with Crippen LogP contribution >= 0.6 is 0 Å². The monoisotopic (exact) mass is 263 g/mol. The molecule has 2 nitrogen and oxygen atoms in total.